The molecule has 1 aliphatic heterocycles. The van der Waals surface area contributed by atoms with Gasteiger partial charge in [0, 0.05) is 18.3 Å². The Balaban J connectivity index is 1.76. The van der Waals surface area contributed by atoms with Gasteiger partial charge in [-0.15, -0.1) is 11.6 Å². The fourth-order valence-corrected chi connectivity index (χ4v) is 2.24. The van der Waals surface area contributed by atoms with Gasteiger partial charge in [0.2, 0.25) is 0 Å². The lowest BCUT2D eigenvalue weighted by molar-refractivity contribution is 0.227. The molecule has 0 bridgehead atoms. The van der Waals surface area contributed by atoms with Gasteiger partial charge in [-0.3, -0.25) is 0 Å². The molecule has 0 aliphatic carbocycles. The molecule has 0 radical (unpaired) electrons. The number of rotatable bonds is 5. The van der Waals surface area contributed by atoms with Gasteiger partial charge >= 0.3 is 0 Å². The molecule has 3 heteroatoms. The van der Waals surface area contributed by atoms with Crippen molar-refractivity contribution in [2.24, 2.45) is 0 Å². The molecule has 1 N–H and O–H groups in total. The number of hydrogen-bond donors (Lipinski definition) is 1. The first-order valence-corrected chi connectivity index (χ1v) is 6.70. The van der Waals surface area contributed by atoms with Crippen LogP contribution in [0.25, 0.3) is 0 Å². The van der Waals surface area contributed by atoms with E-state index in [4.69, 9.17) is 16.3 Å². The minimum Gasteiger partial charge on any atom is -0.488 e. The molecule has 0 fully saturated rings. The monoisotopic (exact) mass is 253 g/mol. The molecule has 2 unspecified atom stereocenters. The molecule has 0 spiro atoms. The van der Waals surface area contributed by atoms with E-state index in [1.807, 2.05) is 6.92 Å². The van der Waals surface area contributed by atoms with Gasteiger partial charge in [0.1, 0.15) is 11.9 Å². The number of hydrogen-bond acceptors (Lipinski definition) is 2. The lowest BCUT2D eigenvalue weighted by Crippen LogP contribution is -2.31. The van der Waals surface area contributed by atoms with E-state index in [2.05, 4.69) is 30.4 Å². The van der Waals surface area contributed by atoms with Crippen LogP contribution in [0.15, 0.2) is 18.2 Å². The Bertz CT molecular complexity index is 378. The largest absolute Gasteiger partial charge is 0.488 e. The van der Waals surface area contributed by atoms with E-state index in [0.29, 0.717) is 0 Å². The average molecular weight is 254 g/mol. The molecule has 0 amide bonds. The molecule has 94 valence electrons. The fourth-order valence-electron chi connectivity index (χ4n) is 2.13. The van der Waals surface area contributed by atoms with Crippen molar-refractivity contribution >= 4 is 11.6 Å². The summed E-state index contributed by atoms with van der Waals surface area (Å²) in [6.45, 7) is 6.00. The Morgan fingerprint density at radius 2 is 2.35 bits per heavy atom. The molecular weight excluding hydrogens is 234 g/mol. The number of fused-ring (bicyclic) bond motifs is 1. The molecule has 1 aromatic carbocycles. The fraction of sp³-hybridized carbons (Fsp3) is 0.571. The predicted octanol–water partition coefficient (Wildman–Crippen LogP) is 2.91. The first kappa shape index (κ1) is 12.7. The molecule has 2 rings (SSSR count). The Hall–Kier alpha value is -0.730. The number of nitrogens with one attached hydrogen (secondary N) is 1. The van der Waals surface area contributed by atoms with Crippen LogP contribution in [0, 0.1) is 6.92 Å². The predicted molar refractivity (Wildman–Crippen MR) is 72.1 cm³/mol. The Morgan fingerprint density at radius 1 is 1.53 bits per heavy atom. The average Bonchev–Trinajstić information content (AvgIpc) is 2.66. The molecule has 0 saturated heterocycles. The van der Waals surface area contributed by atoms with Crippen LogP contribution in [-0.2, 0) is 6.42 Å². The van der Waals surface area contributed by atoms with E-state index in [0.717, 1.165) is 31.7 Å². The first-order chi connectivity index (χ1) is 8.15. The summed E-state index contributed by atoms with van der Waals surface area (Å²) in [6, 6.07) is 6.39. The third kappa shape index (κ3) is 3.62. The third-order valence-corrected chi connectivity index (χ3v) is 3.27. The summed E-state index contributed by atoms with van der Waals surface area (Å²) in [5.74, 6) is 1.05. The van der Waals surface area contributed by atoms with Crippen molar-refractivity contribution < 1.29 is 4.74 Å². The van der Waals surface area contributed by atoms with Gasteiger partial charge in [-0.1, -0.05) is 17.7 Å². The zero-order valence-electron chi connectivity index (χ0n) is 10.5. The van der Waals surface area contributed by atoms with Crippen molar-refractivity contribution in [3.63, 3.8) is 0 Å². The normalized spacial score (nSPS) is 19.8. The van der Waals surface area contributed by atoms with Crippen LogP contribution in [-0.4, -0.2) is 24.6 Å². The SMILES string of the molecule is Cc1ccc2c(c1)CC(CNCCC(C)Cl)O2. The van der Waals surface area contributed by atoms with Crippen LogP contribution in [0.5, 0.6) is 5.75 Å². The van der Waals surface area contributed by atoms with E-state index in [1.54, 1.807) is 0 Å². The molecule has 1 aliphatic rings. The summed E-state index contributed by atoms with van der Waals surface area (Å²) in [5, 5.41) is 3.64. The summed E-state index contributed by atoms with van der Waals surface area (Å²) >= 11 is 5.89. The molecule has 0 aromatic heterocycles. The van der Waals surface area contributed by atoms with Crippen LogP contribution < -0.4 is 10.1 Å². The number of alkyl halides is 1. The molecule has 0 saturated carbocycles. The number of aryl methyl sites for hydroxylation is 1. The highest BCUT2D eigenvalue weighted by atomic mass is 35.5. The highest BCUT2D eigenvalue weighted by Gasteiger charge is 2.22. The molecule has 2 atom stereocenters. The second kappa shape index (κ2) is 5.74. The number of halogens is 1. The Kier molecular flexibility index (Phi) is 4.30. The van der Waals surface area contributed by atoms with Gasteiger partial charge in [0.25, 0.3) is 0 Å². The van der Waals surface area contributed by atoms with Crippen molar-refractivity contribution in [3.8, 4) is 5.75 Å². The topological polar surface area (TPSA) is 21.3 Å². The summed E-state index contributed by atoms with van der Waals surface area (Å²) < 4.78 is 5.87. The van der Waals surface area contributed by atoms with Gasteiger partial charge in [-0.05, 0) is 38.4 Å². The van der Waals surface area contributed by atoms with E-state index >= 15 is 0 Å². The van der Waals surface area contributed by atoms with Gasteiger partial charge in [-0.25, -0.2) is 0 Å². The van der Waals surface area contributed by atoms with E-state index in [1.165, 1.54) is 11.1 Å². The maximum Gasteiger partial charge on any atom is 0.123 e. The van der Waals surface area contributed by atoms with Crippen molar-refractivity contribution in [2.75, 3.05) is 13.1 Å². The summed E-state index contributed by atoms with van der Waals surface area (Å²) in [6.07, 6.45) is 2.29. The first-order valence-electron chi connectivity index (χ1n) is 6.26. The summed E-state index contributed by atoms with van der Waals surface area (Å²) in [4.78, 5) is 0. The maximum atomic E-state index is 5.89. The molecule has 17 heavy (non-hydrogen) atoms. The van der Waals surface area contributed by atoms with Crippen molar-refractivity contribution in [1.82, 2.24) is 5.32 Å². The smallest absolute Gasteiger partial charge is 0.123 e. The highest BCUT2D eigenvalue weighted by Crippen LogP contribution is 2.29. The Labute approximate surface area is 108 Å². The molecule has 1 heterocycles. The van der Waals surface area contributed by atoms with Gasteiger partial charge in [-0.2, -0.15) is 0 Å². The van der Waals surface area contributed by atoms with E-state index < -0.39 is 0 Å². The highest BCUT2D eigenvalue weighted by molar-refractivity contribution is 6.20. The third-order valence-electron chi connectivity index (χ3n) is 3.05. The maximum absolute atomic E-state index is 5.89. The quantitative estimate of drug-likeness (QED) is 0.644. The van der Waals surface area contributed by atoms with Gasteiger partial charge in [0.05, 0.1) is 0 Å². The molecular formula is C14H20ClNO. The zero-order valence-corrected chi connectivity index (χ0v) is 11.3. The number of benzene rings is 1. The minimum atomic E-state index is 0.242. The minimum absolute atomic E-state index is 0.242. The van der Waals surface area contributed by atoms with Gasteiger partial charge in [0.15, 0.2) is 0 Å². The van der Waals surface area contributed by atoms with Crippen molar-refractivity contribution in [3.05, 3.63) is 29.3 Å². The summed E-state index contributed by atoms with van der Waals surface area (Å²) in [7, 11) is 0. The van der Waals surface area contributed by atoms with Gasteiger partial charge < -0.3 is 10.1 Å². The van der Waals surface area contributed by atoms with Crippen LogP contribution in [0.3, 0.4) is 0 Å². The lowest BCUT2D eigenvalue weighted by Gasteiger charge is -2.12. The standard InChI is InChI=1S/C14H20ClNO/c1-10-3-4-14-12(7-10)8-13(17-14)9-16-6-5-11(2)15/h3-4,7,11,13,16H,5-6,8-9H2,1-2H3. The zero-order chi connectivity index (χ0) is 12.3. The van der Waals surface area contributed by atoms with Crippen molar-refractivity contribution in [1.29, 1.82) is 0 Å². The Morgan fingerprint density at radius 3 is 3.12 bits per heavy atom. The van der Waals surface area contributed by atoms with E-state index in [9.17, 15) is 0 Å². The van der Waals surface area contributed by atoms with Crippen LogP contribution in [0.2, 0.25) is 0 Å². The van der Waals surface area contributed by atoms with E-state index in [-0.39, 0.29) is 11.5 Å². The van der Waals surface area contributed by atoms with Crippen molar-refractivity contribution in [2.45, 2.75) is 38.2 Å². The summed E-state index contributed by atoms with van der Waals surface area (Å²) in [5.41, 5.74) is 2.64. The second-order valence-corrected chi connectivity index (χ2v) is 5.57. The van der Waals surface area contributed by atoms with Crippen LogP contribution in [0.4, 0.5) is 0 Å². The second-order valence-electron chi connectivity index (χ2n) is 4.83. The molecule has 2 nitrogen and oxygen atoms in total. The lowest BCUT2D eigenvalue weighted by atomic mass is 10.1. The van der Waals surface area contributed by atoms with Crippen LogP contribution in [0.1, 0.15) is 24.5 Å². The molecule has 1 aromatic rings. The van der Waals surface area contributed by atoms with Crippen LogP contribution >= 0.6 is 11.6 Å². The number of ether oxygens (including phenoxy) is 1.